The Morgan fingerprint density at radius 3 is 2.35 bits per heavy atom. The molecule has 1 fully saturated rings. The molecule has 1 aliphatic carbocycles. The van der Waals surface area contributed by atoms with Crippen molar-refractivity contribution in [1.82, 2.24) is 0 Å². The molecule has 1 nitrogen and oxygen atoms in total. The molecule has 104 valence electrons. The zero-order valence-corrected chi connectivity index (χ0v) is 12.2. The fourth-order valence-corrected chi connectivity index (χ4v) is 2.95. The van der Waals surface area contributed by atoms with Crippen LogP contribution in [0.5, 0.6) is 0 Å². The standard InChI is InChI=1S/C19H23N/c1-14-5-2-3-6-18(14)13-19(20)17-11-9-16(10-12-17)15-7-4-8-15/h2-3,5-6,9-12,15,19H,4,7-8,13,20H2,1H3. The number of aryl methyl sites for hydroxylation is 1. The first-order valence-electron chi connectivity index (χ1n) is 7.64. The van der Waals surface area contributed by atoms with Crippen molar-refractivity contribution in [3.63, 3.8) is 0 Å². The van der Waals surface area contributed by atoms with Crippen LogP contribution in [0.3, 0.4) is 0 Å². The normalized spacial score (nSPS) is 16.7. The van der Waals surface area contributed by atoms with Gasteiger partial charge < -0.3 is 5.73 Å². The predicted molar refractivity (Wildman–Crippen MR) is 84.8 cm³/mol. The van der Waals surface area contributed by atoms with E-state index in [0.717, 1.165) is 12.3 Å². The molecule has 0 saturated heterocycles. The van der Waals surface area contributed by atoms with E-state index in [2.05, 4.69) is 55.5 Å². The quantitative estimate of drug-likeness (QED) is 0.865. The van der Waals surface area contributed by atoms with Gasteiger partial charge in [0.25, 0.3) is 0 Å². The van der Waals surface area contributed by atoms with Gasteiger partial charge in [-0.2, -0.15) is 0 Å². The zero-order chi connectivity index (χ0) is 13.9. The highest BCUT2D eigenvalue weighted by Gasteiger charge is 2.19. The zero-order valence-electron chi connectivity index (χ0n) is 12.2. The third-order valence-electron chi connectivity index (χ3n) is 4.64. The summed E-state index contributed by atoms with van der Waals surface area (Å²) >= 11 is 0. The number of rotatable bonds is 4. The molecule has 1 heteroatoms. The molecule has 20 heavy (non-hydrogen) atoms. The van der Waals surface area contributed by atoms with Gasteiger partial charge in [0.05, 0.1) is 0 Å². The molecule has 1 atom stereocenters. The van der Waals surface area contributed by atoms with E-state index in [1.54, 1.807) is 0 Å². The highest BCUT2D eigenvalue weighted by molar-refractivity contribution is 5.31. The van der Waals surface area contributed by atoms with Crippen molar-refractivity contribution >= 4 is 0 Å². The Morgan fingerprint density at radius 1 is 1.05 bits per heavy atom. The molecule has 0 bridgehead atoms. The van der Waals surface area contributed by atoms with Crippen LogP contribution in [-0.4, -0.2) is 0 Å². The average Bonchev–Trinajstić information content (AvgIpc) is 2.40. The molecule has 3 rings (SSSR count). The maximum Gasteiger partial charge on any atom is 0.0335 e. The van der Waals surface area contributed by atoms with E-state index >= 15 is 0 Å². The van der Waals surface area contributed by atoms with Crippen LogP contribution in [0.25, 0.3) is 0 Å². The van der Waals surface area contributed by atoms with Gasteiger partial charge in [-0.1, -0.05) is 55.0 Å². The molecular weight excluding hydrogens is 242 g/mol. The monoisotopic (exact) mass is 265 g/mol. The molecule has 1 aliphatic rings. The van der Waals surface area contributed by atoms with Crippen molar-refractivity contribution in [1.29, 1.82) is 0 Å². The van der Waals surface area contributed by atoms with Crippen LogP contribution < -0.4 is 5.73 Å². The van der Waals surface area contributed by atoms with Gasteiger partial charge in [0, 0.05) is 6.04 Å². The van der Waals surface area contributed by atoms with Crippen LogP contribution in [-0.2, 0) is 6.42 Å². The fraction of sp³-hybridized carbons (Fsp3) is 0.368. The Balaban J connectivity index is 1.70. The molecule has 0 aromatic heterocycles. The highest BCUT2D eigenvalue weighted by atomic mass is 14.6. The summed E-state index contributed by atoms with van der Waals surface area (Å²) in [6.45, 7) is 2.15. The molecule has 2 aromatic rings. The summed E-state index contributed by atoms with van der Waals surface area (Å²) in [5, 5.41) is 0. The first kappa shape index (κ1) is 13.4. The molecular formula is C19H23N. The van der Waals surface area contributed by atoms with Gasteiger partial charge in [-0.25, -0.2) is 0 Å². The Morgan fingerprint density at radius 2 is 1.75 bits per heavy atom. The summed E-state index contributed by atoms with van der Waals surface area (Å²) in [4.78, 5) is 0. The van der Waals surface area contributed by atoms with Gasteiger partial charge in [-0.15, -0.1) is 0 Å². The molecule has 0 spiro atoms. The summed E-state index contributed by atoms with van der Waals surface area (Å²) < 4.78 is 0. The lowest BCUT2D eigenvalue weighted by Gasteiger charge is -2.26. The third kappa shape index (κ3) is 2.78. The van der Waals surface area contributed by atoms with Crippen LogP contribution in [0.15, 0.2) is 48.5 Å². The van der Waals surface area contributed by atoms with E-state index in [1.165, 1.54) is 41.5 Å². The number of hydrogen-bond donors (Lipinski definition) is 1. The smallest absolute Gasteiger partial charge is 0.0335 e. The highest BCUT2D eigenvalue weighted by Crippen LogP contribution is 2.36. The Hall–Kier alpha value is -1.60. The molecule has 1 unspecified atom stereocenters. The van der Waals surface area contributed by atoms with Crippen molar-refractivity contribution in [3.8, 4) is 0 Å². The summed E-state index contributed by atoms with van der Waals surface area (Å²) in [5.41, 5.74) is 11.8. The Kier molecular flexibility index (Phi) is 3.88. The van der Waals surface area contributed by atoms with Crippen molar-refractivity contribution in [2.45, 2.75) is 44.6 Å². The van der Waals surface area contributed by atoms with Crippen LogP contribution in [0.1, 0.15) is 53.5 Å². The summed E-state index contributed by atoms with van der Waals surface area (Å²) in [6, 6.07) is 17.6. The van der Waals surface area contributed by atoms with Gasteiger partial charge in [0.2, 0.25) is 0 Å². The van der Waals surface area contributed by atoms with E-state index in [-0.39, 0.29) is 6.04 Å². The van der Waals surface area contributed by atoms with E-state index in [4.69, 9.17) is 5.73 Å². The first-order valence-corrected chi connectivity index (χ1v) is 7.64. The van der Waals surface area contributed by atoms with Crippen LogP contribution in [0, 0.1) is 6.92 Å². The minimum atomic E-state index is 0.0894. The molecule has 0 heterocycles. The molecule has 0 aliphatic heterocycles. The fourth-order valence-electron chi connectivity index (χ4n) is 2.95. The lowest BCUT2D eigenvalue weighted by Crippen LogP contribution is -2.14. The lowest BCUT2D eigenvalue weighted by molar-refractivity contribution is 0.419. The first-order chi connectivity index (χ1) is 9.74. The molecule has 1 saturated carbocycles. The molecule has 2 aromatic carbocycles. The topological polar surface area (TPSA) is 26.0 Å². The van der Waals surface area contributed by atoms with E-state index in [9.17, 15) is 0 Å². The van der Waals surface area contributed by atoms with Gasteiger partial charge >= 0.3 is 0 Å². The minimum Gasteiger partial charge on any atom is -0.324 e. The predicted octanol–water partition coefficient (Wildman–Crippen LogP) is 4.51. The van der Waals surface area contributed by atoms with Gasteiger partial charge in [-0.05, 0) is 54.4 Å². The largest absolute Gasteiger partial charge is 0.324 e. The number of hydrogen-bond acceptors (Lipinski definition) is 1. The van der Waals surface area contributed by atoms with E-state index in [0.29, 0.717) is 0 Å². The Bertz CT molecular complexity index is 567. The van der Waals surface area contributed by atoms with Gasteiger partial charge in [0.1, 0.15) is 0 Å². The van der Waals surface area contributed by atoms with Crippen molar-refractivity contribution in [2.24, 2.45) is 5.73 Å². The second-order valence-electron chi connectivity index (χ2n) is 6.03. The van der Waals surface area contributed by atoms with Gasteiger partial charge in [0.15, 0.2) is 0 Å². The third-order valence-corrected chi connectivity index (χ3v) is 4.64. The summed E-state index contributed by atoms with van der Waals surface area (Å²) in [5.74, 6) is 0.802. The molecule has 2 N–H and O–H groups in total. The minimum absolute atomic E-state index is 0.0894. The molecule has 0 amide bonds. The summed E-state index contributed by atoms with van der Waals surface area (Å²) in [6.07, 6.45) is 5.01. The van der Waals surface area contributed by atoms with Crippen LogP contribution >= 0.6 is 0 Å². The lowest BCUT2D eigenvalue weighted by atomic mass is 9.79. The Labute approximate surface area is 121 Å². The van der Waals surface area contributed by atoms with Crippen LogP contribution in [0.2, 0.25) is 0 Å². The van der Waals surface area contributed by atoms with Crippen molar-refractivity contribution in [2.75, 3.05) is 0 Å². The second kappa shape index (κ2) is 5.80. The van der Waals surface area contributed by atoms with Crippen molar-refractivity contribution in [3.05, 3.63) is 70.8 Å². The number of nitrogens with two attached hydrogens (primary N) is 1. The number of benzene rings is 2. The van der Waals surface area contributed by atoms with E-state index in [1.807, 2.05) is 0 Å². The van der Waals surface area contributed by atoms with Crippen molar-refractivity contribution < 1.29 is 0 Å². The SMILES string of the molecule is Cc1ccccc1CC(N)c1ccc(C2CCC2)cc1. The maximum absolute atomic E-state index is 6.37. The maximum atomic E-state index is 6.37. The van der Waals surface area contributed by atoms with E-state index < -0.39 is 0 Å². The summed E-state index contributed by atoms with van der Waals surface area (Å²) in [7, 11) is 0. The van der Waals surface area contributed by atoms with Crippen LogP contribution in [0.4, 0.5) is 0 Å². The average molecular weight is 265 g/mol. The molecule has 0 radical (unpaired) electrons. The second-order valence-corrected chi connectivity index (χ2v) is 6.03. The van der Waals surface area contributed by atoms with Gasteiger partial charge in [-0.3, -0.25) is 0 Å².